The Hall–Kier alpha value is -2.45. The number of anilines is 1. The van der Waals surface area contributed by atoms with Crippen LogP contribution in [0.4, 0.5) is 32.0 Å². The van der Waals surface area contributed by atoms with Crippen LogP contribution in [-0.4, -0.2) is 23.7 Å². The van der Waals surface area contributed by atoms with Gasteiger partial charge in [-0.25, -0.2) is 4.39 Å². The van der Waals surface area contributed by atoms with Crippen molar-refractivity contribution < 1.29 is 31.1 Å². The monoisotopic (exact) mass is 336 g/mol. The third-order valence-electron chi connectivity index (χ3n) is 2.84. The molecule has 0 saturated heterocycles. The molecule has 0 bridgehead atoms. The van der Waals surface area contributed by atoms with Crippen molar-refractivity contribution in [2.24, 2.45) is 0 Å². The van der Waals surface area contributed by atoms with Crippen LogP contribution in [0.15, 0.2) is 36.5 Å². The van der Waals surface area contributed by atoms with E-state index in [9.17, 15) is 26.3 Å². The molecule has 0 unspecified atom stereocenters. The lowest BCUT2D eigenvalue weighted by Crippen LogP contribution is -2.41. The number of alkyl halides is 5. The molecule has 2 aromatic rings. The molecule has 1 heterocycles. The number of hydrogen-bond acceptors (Lipinski definition) is 3. The summed E-state index contributed by atoms with van der Waals surface area (Å²) in [5, 5.41) is 0. The fourth-order valence-corrected chi connectivity index (χ4v) is 1.62. The maximum absolute atomic E-state index is 13.7. The summed E-state index contributed by atoms with van der Waals surface area (Å²) in [6.45, 7) is -1.87. The van der Waals surface area contributed by atoms with E-state index in [1.807, 2.05) is 0 Å². The van der Waals surface area contributed by atoms with E-state index in [4.69, 9.17) is 5.73 Å². The quantitative estimate of drug-likeness (QED) is 0.677. The van der Waals surface area contributed by atoms with Crippen LogP contribution in [0.3, 0.4) is 0 Å². The Morgan fingerprint density at radius 1 is 1.04 bits per heavy atom. The zero-order chi connectivity index (χ0) is 17.3. The zero-order valence-electron chi connectivity index (χ0n) is 11.4. The summed E-state index contributed by atoms with van der Waals surface area (Å²) in [7, 11) is 0. The topological polar surface area (TPSA) is 48.1 Å². The maximum atomic E-state index is 13.7. The number of ether oxygens (including phenoxy) is 1. The predicted molar refractivity (Wildman–Crippen MR) is 70.5 cm³/mol. The minimum Gasteiger partial charge on any atom is -0.485 e. The van der Waals surface area contributed by atoms with Crippen molar-refractivity contribution in [1.29, 1.82) is 0 Å². The molecule has 0 radical (unpaired) electrons. The Kier molecular flexibility index (Phi) is 4.39. The Labute approximate surface area is 126 Å². The van der Waals surface area contributed by atoms with E-state index in [1.165, 1.54) is 18.2 Å². The second kappa shape index (κ2) is 5.98. The smallest absolute Gasteiger partial charge is 0.456 e. The van der Waals surface area contributed by atoms with Gasteiger partial charge in [-0.2, -0.15) is 22.0 Å². The number of pyridine rings is 1. The molecule has 0 spiro atoms. The molecule has 124 valence electrons. The Bertz CT molecular complexity index is 685. The van der Waals surface area contributed by atoms with Gasteiger partial charge in [0.25, 0.3) is 0 Å². The first-order valence-electron chi connectivity index (χ1n) is 6.19. The highest BCUT2D eigenvalue weighted by Crippen LogP contribution is 2.35. The average Bonchev–Trinajstić information content (AvgIpc) is 2.45. The maximum Gasteiger partial charge on any atom is 0.456 e. The van der Waals surface area contributed by atoms with Gasteiger partial charge in [-0.05, 0) is 30.3 Å². The largest absolute Gasteiger partial charge is 0.485 e. The van der Waals surface area contributed by atoms with Gasteiger partial charge >= 0.3 is 12.1 Å². The van der Waals surface area contributed by atoms with Crippen LogP contribution in [-0.2, 0) is 0 Å². The molecule has 3 nitrogen and oxygen atoms in total. The third kappa shape index (κ3) is 3.85. The van der Waals surface area contributed by atoms with E-state index < -0.39 is 24.5 Å². The highest BCUT2D eigenvalue weighted by atomic mass is 19.4. The van der Waals surface area contributed by atoms with Crippen LogP contribution >= 0.6 is 0 Å². The van der Waals surface area contributed by atoms with Gasteiger partial charge in [-0.15, -0.1) is 0 Å². The average molecular weight is 336 g/mol. The SMILES string of the molecule is Nc1ccc(-c2ccc(OCC(F)(F)C(F)(F)F)cn2)c(F)c1. The molecule has 2 N–H and O–H groups in total. The summed E-state index contributed by atoms with van der Waals surface area (Å²) in [5.74, 6) is -5.92. The van der Waals surface area contributed by atoms with Gasteiger partial charge in [0.05, 0.1) is 11.9 Å². The van der Waals surface area contributed by atoms with E-state index in [2.05, 4.69) is 9.72 Å². The minimum absolute atomic E-state index is 0.103. The predicted octanol–water partition coefficient (Wildman–Crippen LogP) is 4.05. The van der Waals surface area contributed by atoms with Crippen LogP contribution in [0.5, 0.6) is 5.75 Å². The van der Waals surface area contributed by atoms with Crippen LogP contribution in [0.25, 0.3) is 11.3 Å². The summed E-state index contributed by atoms with van der Waals surface area (Å²) >= 11 is 0. The second-order valence-electron chi connectivity index (χ2n) is 4.61. The first kappa shape index (κ1) is 16.9. The standard InChI is InChI=1S/C14H10F6N2O/c15-11-5-8(21)1-3-10(11)12-4-2-9(6-22-12)23-7-13(16,17)14(18,19)20/h1-6H,7,21H2. The third-order valence-corrected chi connectivity index (χ3v) is 2.84. The van der Waals surface area contributed by atoms with Crippen molar-refractivity contribution >= 4 is 5.69 Å². The van der Waals surface area contributed by atoms with Gasteiger partial charge in [0.1, 0.15) is 11.6 Å². The number of hydrogen-bond donors (Lipinski definition) is 1. The first-order valence-corrected chi connectivity index (χ1v) is 6.19. The second-order valence-corrected chi connectivity index (χ2v) is 4.61. The van der Waals surface area contributed by atoms with Gasteiger partial charge < -0.3 is 10.5 Å². The van der Waals surface area contributed by atoms with Crippen LogP contribution in [0.1, 0.15) is 0 Å². The molecule has 0 amide bonds. The Balaban J connectivity index is 2.11. The summed E-state index contributed by atoms with van der Waals surface area (Å²) in [4.78, 5) is 3.77. The van der Waals surface area contributed by atoms with Crippen molar-refractivity contribution in [3.8, 4) is 17.0 Å². The highest BCUT2D eigenvalue weighted by molar-refractivity contribution is 5.63. The van der Waals surface area contributed by atoms with Crippen LogP contribution in [0, 0.1) is 5.82 Å². The van der Waals surface area contributed by atoms with E-state index in [-0.39, 0.29) is 22.7 Å². The molecular weight excluding hydrogens is 326 g/mol. The molecule has 0 fully saturated rings. The van der Waals surface area contributed by atoms with E-state index in [0.29, 0.717) is 0 Å². The molecule has 23 heavy (non-hydrogen) atoms. The number of nitrogen functional groups attached to an aromatic ring is 1. The van der Waals surface area contributed by atoms with Crippen molar-refractivity contribution in [3.05, 3.63) is 42.3 Å². The minimum atomic E-state index is -5.70. The Morgan fingerprint density at radius 3 is 2.26 bits per heavy atom. The lowest BCUT2D eigenvalue weighted by atomic mass is 10.1. The van der Waals surface area contributed by atoms with Gasteiger partial charge in [0.2, 0.25) is 0 Å². The first-order chi connectivity index (χ1) is 10.6. The lowest BCUT2D eigenvalue weighted by molar-refractivity contribution is -0.290. The number of benzene rings is 1. The molecule has 9 heteroatoms. The molecule has 2 rings (SSSR count). The van der Waals surface area contributed by atoms with Gasteiger partial charge in [-0.1, -0.05) is 0 Å². The normalized spacial score (nSPS) is 12.3. The van der Waals surface area contributed by atoms with Gasteiger partial charge in [0.15, 0.2) is 6.61 Å². The van der Waals surface area contributed by atoms with Crippen molar-refractivity contribution in [3.63, 3.8) is 0 Å². The number of halogens is 6. The molecule has 0 aliphatic carbocycles. The molecule has 0 aliphatic rings. The molecule has 0 saturated carbocycles. The summed E-state index contributed by atoms with van der Waals surface area (Å²) < 4.78 is 79.5. The number of nitrogens with two attached hydrogens (primary N) is 1. The number of aromatic nitrogens is 1. The number of nitrogens with zero attached hydrogens (tertiary/aromatic N) is 1. The zero-order valence-corrected chi connectivity index (χ0v) is 11.4. The van der Waals surface area contributed by atoms with Gasteiger partial charge in [0, 0.05) is 11.3 Å². The lowest BCUT2D eigenvalue weighted by Gasteiger charge is -2.19. The number of rotatable bonds is 4. The van der Waals surface area contributed by atoms with Crippen LogP contribution in [0.2, 0.25) is 0 Å². The van der Waals surface area contributed by atoms with E-state index in [0.717, 1.165) is 18.3 Å². The highest BCUT2D eigenvalue weighted by Gasteiger charge is 2.58. The van der Waals surface area contributed by atoms with Crippen molar-refractivity contribution in [2.45, 2.75) is 12.1 Å². The van der Waals surface area contributed by atoms with Gasteiger partial charge in [-0.3, -0.25) is 4.98 Å². The molecule has 0 atom stereocenters. The molecular formula is C14H10F6N2O. The van der Waals surface area contributed by atoms with Crippen molar-refractivity contribution in [2.75, 3.05) is 12.3 Å². The molecule has 1 aromatic heterocycles. The summed E-state index contributed by atoms with van der Waals surface area (Å²) in [6, 6.07) is 6.23. The van der Waals surface area contributed by atoms with Crippen LogP contribution < -0.4 is 10.5 Å². The Morgan fingerprint density at radius 2 is 1.74 bits per heavy atom. The van der Waals surface area contributed by atoms with Crippen molar-refractivity contribution in [1.82, 2.24) is 4.98 Å². The molecule has 0 aliphatic heterocycles. The molecule has 1 aromatic carbocycles. The van der Waals surface area contributed by atoms with E-state index >= 15 is 0 Å². The fraction of sp³-hybridized carbons (Fsp3) is 0.214. The van der Waals surface area contributed by atoms with E-state index in [1.54, 1.807) is 0 Å². The summed E-state index contributed by atoms with van der Waals surface area (Å²) in [6.07, 6.45) is -4.77. The summed E-state index contributed by atoms with van der Waals surface area (Å²) in [5.41, 5.74) is 5.86. The fourth-order valence-electron chi connectivity index (χ4n) is 1.62.